The second-order valence-electron chi connectivity index (χ2n) is 4.02. The van der Waals surface area contributed by atoms with Crippen molar-refractivity contribution in [2.75, 3.05) is 5.32 Å². The first-order valence-electron chi connectivity index (χ1n) is 5.89. The maximum atomic E-state index is 10.9. The van der Waals surface area contributed by atoms with E-state index in [1.54, 1.807) is 18.2 Å². The number of para-hydroxylation sites is 1. The average molecular weight is 241 g/mol. The van der Waals surface area contributed by atoms with Gasteiger partial charge in [-0.25, -0.2) is 4.79 Å². The summed E-state index contributed by atoms with van der Waals surface area (Å²) in [5.41, 5.74) is 3.30. The molecule has 0 atom stereocenters. The van der Waals surface area contributed by atoms with Gasteiger partial charge in [-0.3, -0.25) is 0 Å². The Morgan fingerprint density at radius 1 is 1.17 bits per heavy atom. The van der Waals surface area contributed by atoms with E-state index in [-0.39, 0.29) is 5.56 Å². The molecule has 0 saturated carbocycles. The fraction of sp³-hybridized carbons (Fsp3) is 0.133. The molecule has 0 radical (unpaired) electrons. The monoisotopic (exact) mass is 241 g/mol. The Morgan fingerprint density at radius 3 is 2.67 bits per heavy atom. The van der Waals surface area contributed by atoms with Gasteiger partial charge in [0.25, 0.3) is 0 Å². The maximum Gasteiger partial charge on any atom is 0.335 e. The van der Waals surface area contributed by atoms with Crippen LogP contribution in [0, 0.1) is 0 Å². The van der Waals surface area contributed by atoms with Crippen LogP contribution >= 0.6 is 0 Å². The summed E-state index contributed by atoms with van der Waals surface area (Å²) in [6, 6.07) is 14.8. The fourth-order valence-electron chi connectivity index (χ4n) is 1.84. The van der Waals surface area contributed by atoms with Gasteiger partial charge < -0.3 is 10.4 Å². The number of carboxylic acids is 1. The van der Waals surface area contributed by atoms with Gasteiger partial charge in [-0.1, -0.05) is 31.2 Å². The topological polar surface area (TPSA) is 49.3 Å². The Labute approximate surface area is 106 Å². The summed E-state index contributed by atoms with van der Waals surface area (Å²) in [6.45, 7) is 2.09. The third kappa shape index (κ3) is 2.69. The lowest BCUT2D eigenvalue weighted by Gasteiger charge is -2.11. The summed E-state index contributed by atoms with van der Waals surface area (Å²) in [4.78, 5) is 10.9. The zero-order valence-electron chi connectivity index (χ0n) is 10.2. The maximum absolute atomic E-state index is 10.9. The molecule has 2 aromatic rings. The first-order chi connectivity index (χ1) is 8.70. The van der Waals surface area contributed by atoms with Crippen LogP contribution in [0.1, 0.15) is 22.8 Å². The van der Waals surface area contributed by atoms with Crippen molar-refractivity contribution in [3.8, 4) is 0 Å². The average Bonchev–Trinajstić information content (AvgIpc) is 2.39. The normalized spacial score (nSPS) is 10.1. The number of hydrogen-bond donors (Lipinski definition) is 2. The predicted octanol–water partition coefficient (Wildman–Crippen LogP) is 3.69. The summed E-state index contributed by atoms with van der Waals surface area (Å²) < 4.78 is 0. The number of carboxylic acid groups (broad SMARTS) is 1. The first kappa shape index (κ1) is 12.2. The van der Waals surface area contributed by atoms with E-state index in [0.29, 0.717) is 0 Å². The highest BCUT2D eigenvalue weighted by atomic mass is 16.4. The van der Waals surface area contributed by atoms with Gasteiger partial charge in [0, 0.05) is 11.4 Å². The van der Waals surface area contributed by atoms with Crippen molar-refractivity contribution >= 4 is 17.3 Å². The number of hydrogen-bond acceptors (Lipinski definition) is 2. The Morgan fingerprint density at radius 2 is 1.94 bits per heavy atom. The first-order valence-corrected chi connectivity index (χ1v) is 5.89. The number of rotatable bonds is 4. The second-order valence-corrected chi connectivity index (χ2v) is 4.02. The number of aromatic carboxylic acids is 1. The number of nitrogens with one attached hydrogen (secondary N) is 1. The zero-order valence-corrected chi connectivity index (χ0v) is 10.2. The molecule has 0 bridgehead atoms. The van der Waals surface area contributed by atoms with Crippen LogP contribution in [-0.4, -0.2) is 11.1 Å². The molecule has 0 saturated heterocycles. The molecule has 0 amide bonds. The molecule has 2 rings (SSSR count). The van der Waals surface area contributed by atoms with Gasteiger partial charge in [-0.05, 0) is 36.2 Å². The quantitative estimate of drug-likeness (QED) is 0.858. The molecule has 3 nitrogen and oxygen atoms in total. The van der Waals surface area contributed by atoms with Gasteiger partial charge in [0.05, 0.1) is 5.56 Å². The van der Waals surface area contributed by atoms with Crippen LogP contribution in [0.25, 0.3) is 0 Å². The Hall–Kier alpha value is -2.29. The lowest BCUT2D eigenvalue weighted by Crippen LogP contribution is -1.99. The molecule has 18 heavy (non-hydrogen) atoms. The Balaban J connectivity index is 2.28. The molecule has 0 aliphatic rings. The summed E-state index contributed by atoms with van der Waals surface area (Å²) in [6.07, 6.45) is 0.932. The molecule has 0 unspecified atom stereocenters. The van der Waals surface area contributed by atoms with Gasteiger partial charge >= 0.3 is 5.97 Å². The molecular weight excluding hydrogens is 226 g/mol. The van der Waals surface area contributed by atoms with E-state index < -0.39 is 5.97 Å². The minimum atomic E-state index is -0.914. The van der Waals surface area contributed by atoms with Crippen LogP contribution in [0.5, 0.6) is 0 Å². The number of anilines is 2. The highest BCUT2D eigenvalue weighted by molar-refractivity contribution is 5.89. The van der Waals surface area contributed by atoms with Crippen molar-refractivity contribution in [1.82, 2.24) is 0 Å². The smallest absolute Gasteiger partial charge is 0.335 e. The van der Waals surface area contributed by atoms with Crippen molar-refractivity contribution < 1.29 is 9.90 Å². The SMILES string of the molecule is CCc1ccccc1Nc1cccc(C(=O)O)c1. The van der Waals surface area contributed by atoms with Crippen molar-refractivity contribution in [3.05, 3.63) is 59.7 Å². The summed E-state index contributed by atoms with van der Waals surface area (Å²) in [7, 11) is 0. The second kappa shape index (κ2) is 5.36. The minimum absolute atomic E-state index is 0.286. The molecule has 0 aliphatic heterocycles. The highest BCUT2D eigenvalue weighted by Crippen LogP contribution is 2.21. The molecule has 0 heterocycles. The Bertz CT molecular complexity index is 564. The molecule has 2 N–H and O–H groups in total. The molecule has 0 aromatic heterocycles. The molecule has 92 valence electrons. The number of carbonyl (C=O) groups is 1. The van der Waals surface area contributed by atoms with Crippen molar-refractivity contribution in [3.63, 3.8) is 0 Å². The van der Waals surface area contributed by atoms with Gasteiger partial charge in [0.2, 0.25) is 0 Å². The van der Waals surface area contributed by atoms with Crippen LogP contribution in [0.2, 0.25) is 0 Å². The molecular formula is C15H15NO2. The molecule has 3 heteroatoms. The van der Waals surface area contributed by atoms with E-state index in [9.17, 15) is 4.79 Å². The van der Waals surface area contributed by atoms with Crippen LogP contribution in [-0.2, 0) is 6.42 Å². The highest BCUT2D eigenvalue weighted by Gasteiger charge is 2.04. The summed E-state index contributed by atoms with van der Waals surface area (Å²) in [5, 5.41) is 12.2. The zero-order chi connectivity index (χ0) is 13.0. The molecule has 2 aromatic carbocycles. The van der Waals surface area contributed by atoms with Crippen molar-refractivity contribution in [2.24, 2.45) is 0 Å². The van der Waals surface area contributed by atoms with E-state index >= 15 is 0 Å². The molecule has 0 aliphatic carbocycles. The Kier molecular flexibility index (Phi) is 3.63. The third-order valence-corrected chi connectivity index (χ3v) is 2.79. The third-order valence-electron chi connectivity index (χ3n) is 2.79. The lowest BCUT2D eigenvalue weighted by atomic mass is 10.1. The summed E-state index contributed by atoms with van der Waals surface area (Å²) in [5.74, 6) is -0.914. The molecule has 0 spiro atoms. The van der Waals surface area contributed by atoms with Gasteiger partial charge in [-0.2, -0.15) is 0 Å². The molecule has 0 fully saturated rings. The lowest BCUT2D eigenvalue weighted by molar-refractivity contribution is 0.0697. The van der Waals surface area contributed by atoms with Gasteiger partial charge in [-0.15, -0.1) is 0 Å². The van der Waals surface area contributed by atoms with Crippen molar-refractivity contribution in [2.45, 2.75) is 13.3 Å². The largest absolute Gasteiger partial charge is 0.478 e. The van der Waals surface area contributed by atoms with E-state index in [1.165, 1.54) is 5.56 Å². The van der Waals surface area contributed by atoms with Gasteiger partial charge in [0.15, 0.2) is 0 Å². The fourth-order valence-corrected chi connectivity index (χ4v) is 1.84. The minimum Gasteiger partial charge on any atom is -0.478 e. The van der Waals surface area contributed by atoms with Crippen LogP contribution in [0.4, 0.5) is 11.4 Å². The van der Waals surface area contributed by atoms with Crippen LogP contribution in [0.15, 0.2) is 48.5 Å². The van der Waals surface area contributed by atoms with E-state index in [1.807, 2.05) is 24.3 Å². The number of benzene rings is 2. The van der Waals surface area contributed by atoms with Gasteiger partial charge in [0.1, 0.15) is 0 Å². The van der Waals surface area contributed by atoms with Crippen molar-refractivity contribution in [1.29, 1.82) is 0 Å². The van der Waals surface area contributed by atoms with E-state index in [4.69, 9.17) is 5.11 Å². The van der Waals surface area contributed by atoms with Crippen LogP contribution in [0.3, 0.4) is 0 Å². The van der Waals surface area contributed by atoms with Crippen LogP contribution < -0.4 is 5.32 Å². The number of aryl methyl sites for hydroxylation is 1. The standard InChI is InChI=1S/C15H15NO2/c1-2-11-6-3-4-9-14(11)16-13-8-5-7-12(10-13)15(17)18/h3-10,16H,2H2,1H3,(H,17,18). The van der Waals surface area contributed by atoms with E-state index in [0.717, 1.165) is 17.8 Å². The van der Waals surface area contributed by atoms with E-state index in [2.05, 4.69) is 18.3 Å². The predicted molar refractivity (Wildman–Crippen MR) is 72.5 cm³/mol. The summed E-state index contributed by atoms with van der Waals surface area (Å²) >= 11 is 0.